The predicted octanol–water partition coefficient (Wildman–Crippen LogP) is 2.70. The summed E-state index contributed by atoms with van der Waals surface area (Å²) in [5, 5.41) is 0. The number of carbonyl (C=O) groups excluding carboxylic acids is 1. The summed E-state index contributed by atoms with van der Waals surface area (Å²) in [5.41, 5.74) is 1.47. The first-order valence-corrected chi connectivity index (χ1v) is 10.9. The van der Waals surface area contributed by atoms with Crippen LogP contribution in [0.1, 0.15) is 29.9 Å². The molecule has 158 valence electrons. The van der Waals surface area contributed by atoms with Gasteiger partial charge in [-0.1, -0.05) is 18.2 Å². The van der Waals surface area contributed by atoms with E-state index in [9.17, 15) is 4.79 Å². The Morgan fingerprint density at radius 1 is 1.23 bits per heavy atom. The molecule has 1 saturated carbocycles. The van der Waals surface area contributed by atoms with E-state index in [1.54, 1.807) is 13.3 Å². The maximum atomic E-state index is 13.7. The average Bonchev–Trinajstić information content (AvgIpc) is 3.53. The van der Waals surface area contributed by atoms with Crippen LogP contribution in [0.4, 0.5) is 0 Å². The first kappa shape index (κ1) is 19.5. The van der Waals surface area contributed by atoms with Gasteiger partial charge < -0.3 is 14.4 Å². The van der Waals surface area contributed by atoms with Crippen molar-refractivity contribution in [2.75, 3.05) is 39.9 Å². The van der Waals surface area contributed by atoms with Crippen LogP contribution in [0.2, 0.25) is 0 Å². The lowest BCUT2D eigenvalue weighted by Crippen LogP contribution is -2.60. The summed E-state index contributed by atoms with van der Waals surface area (Å²) >= 11 is 0. The molecule has 2 saturated heterocycles. The lowest BCUT2D eigenvalue weighted by molar-refractivity contribution is -0.172. The number of carbonyl (C=O) groups is 1. The van der Waals surface area contributed by atoms with Crippen LogP contribution in [0.5, 0.6) is 5.75 Å². The van der Waals surface area contributed by atoms with Crippen molar-refractivity contribution in [3.63, 3.8) is 0 Å². The zero-order valence-electron chi connectivity index (χ0n) is 17.5. The van der Waals surface area contributed by atoms with Gasteiger partial charge >= 0.3 is 0 Å². The fourth-order valence-corrected chi connectivity index (χ4v) is 4.90. The van der Waals surface area contributed by atoms with Gasteiger partial charge in [-0.05, 0) is 48.1 Å². The summed E-state index contributed by atoms with van der Waals surface area (Å²) in [6, 6.07) is 12.2. The molecule has 0 radical (unpaired) electrons. The third-order valence-corrected chi connectivity index (χ3v) is 6.66. The number of benzene rings is 1. The monoisotopic (exact) mass is 407 g/mol. The number of hydrogen-bond donors (Lipinski definition) is 0. The minimum Gasteiger partial charge on any atom is -0.497 e. The van der Waals surface area contributed by atoms with Gasteiger partial charge in [-0.25, -0.2) is 0 Å². The predicted molar refractivity (Wildman–Crippen MR) is 113 cm³/mol. The Kier molecular flexibility index (Phi) is 5.21. The van der Waals surface area contributed by atoms with Crippen LogP contribution < -0.4 is 4.74 Å². The number of likely N-dealkylation sites (tertiary alicyclic amines) is 1. The Labute approximate surface area is 177 Å². The maximum Gasteiger partial charge on any atom is 0.256 e. The second kappa shape index (κ2) is 8.00. The molecule has 3 aliphatic rings. The van der Waals surface area contributed by atoms with Crippen LogP contribution in [0.15, 0.2) is 48.8 Å². The van der Waals surface area contributed by atoms with E-state index in [0.717, 1.165) is 30.9 Å². The highest BCUT2D eigenvalue weighted by atomic mass is 16.5. The zero-order valence-corrected chi connectivity index (χ0v) is 17.5. The van der Waals surface area contributed by atoms with Crippen LogP contribution in [-0.2, 0) is 16.1 Å². The van der Waals surface area contributed by atoms with Gasteiger partial charge in [0.2, 0.25) is 0 Å². The van der Waals surface area contributed by atoms with Crippen molar-refractivity contribution in [2.24, 2.45) is 5.92 Å². The van der Waals surface area contributed by atoms with Crippen molar-refractivity contribution in [1.82, 2.24) is 14.8 Å². The topological polar surface area (TPSA) is 54.9 Å². The van der Waals surface area contributed by atoms with E-state index in [4.69, 9.17) is 9.47 Å². The molecule has 1 amide bonds. The smallest absolute Gasteiger partial charge is 0.256 e. The van der Waals surface area contributed by atoms with E-state index >= 15 is 0 Å². The fraction of sp³-hybridized carbons (Fsp3) is 0.500. The van der Waals surface area contributed by atoms with Gasteiger partial charge in [0, 0.05) is 51.0 Å². The normalized spacial score (nSPS) is 27.0. The molecule has 6 nitrogen and oxygen atoms in total. The maximum absolute atomic E-state index is 13.7. The highest BCUT2D eigenvalue weighted by molar-refractivity contribution is 5.88. The second-order valence-corrected chi connectivity index (χ2v) is 8.79. The summed E-state index contributed by atoms with van der Waals surface area (Å²) in [5.74, 6) is 1.68. The van der Waals surface area contributed by atoms with E-state index in [0.29, 0.717) is 25.6 Å². The standard InChI is InChI=1S/C24H29N3O3/c1-29-21-8-6-18(7-9-21)14-26-16-22(20-3-2-10-25-13-20)24(17-26)23(28)27(11-12-30-24)15-19-4-5-19/h2-3,6-10,13,19,22H,4-5,11-12,14-17H2,1H3. The molecule has 2 unspecified atom stereocenters. The molecule has 3 heterocycles. The Balaban J connectivity index is 1.41. The summed E-state index contributed by atoms with van der Waals surface area (Å²) in [4.78, 5) is 22.4. The van der Waals surface area contributed by atoms with Gasteiger partial charge in [0.15, 0.2) is 5.60 Å². The Morgan fingerprint density at radius 2 is 2.07 bits per heavy atom. The lowest BCUT2D eigenvalue weighted by Gasteiger charge is -2.42. The second-order valence-electron chi connectivity index (χ2n) is 8.79. The number of methoxy groups -OCH3 is 1. The van der Waals surface area contributed by atoms with Crippen LogP contribution in [0.25, 0.3) is 0 Å². The molecule has 0 N–H and O–H groups in total. The summed E-state index contributed by atoms with van der Waals surface area (Å²) < 4.78 is 11.6. The molecule has 5 rings (SSSR count). The molecular weight excluding hydrogens is 378 g/mol. The van der Waals surface area contributed by atoms with Crippen molar-refractivity contribution >= 4 is 5.91 Å². The molecule has 2 atom stereocenters. The zero-order chi connectivity index (χ0) is 20.6. The average molecular weight is 408 g/mol. The third-order valence-electron chi connectivity index (χ3n) is 6.66. The van der Waals surface area contributed by atoms with Gasteiger partial charge in [0.1, 0.15) is 5.75 Å². The molecule has 1 spiro atoms. The number of rotatable bonds is 6. The number of hydrogen-bond acceptors (Lipinski definition) is 5. The third kappa shape index (κ3) is 3.70. The molecule has 6 heteroatoms. The number of amides is 1. The molecular formula is C24H29N3O3. The van der Waals surface area contributed by atoms with E-state index in [1.807, 2.05) is 24.4 Å². The van der Waals surface area contributed by atoms with Crippen molar-refractivity contribution in [2.45, 2.75) is 30.9 Å². The van der Waals surface area contributed by atoms with Gasteiger partial charge in [0.05, 0.1) is 13.7 Å². The van der Waals surface area contributed by atoms with Crippen LogP contribution in [0.3, 0.4) is 0 Å². The molecule has 30 heavy (non-hydrogen) atoms. The fourth-order valence-electron chi connectivity index (χ4n) is 4.90. The quantitative estimate of drug-likeness (QED) is 0.737. The number of morpholine rings is 1. The molecule has 1 aromatic heterocycles. The minimum absolute atomic E-state index is 0.0149. The molecule has 1 aliphatic carbocycles. The lowest BCUT2D eigenvalue weighted by atomic mass is 9.83. The van der Waals surface area contributed by atoms with Crippen LogP contribution in [-0.4, -0.2) is 66.2 Å². The SMILES string of the molecule is COc1ccc(CN2CC(c3cccnc3)C3(C2)OCCN(CC2CC2)C3=O)cc1. The summed E-state index contributed by atoms with van der Waals surface area (Å²) in [7, 11) is 1.68. The van der Waals surface area contributed by atoms with Crippen molar-refractivity contribution in [3.05, 3.63) is 59.9 Å². The Hall–Kier alpha value is -2.44. The molecule has 3 fully saturated rings. The number of aromatic nitrogens is 1. The highest BCUT2D eigenvalue weighted by Gasteiger charge is 2.57. The van der Waals surface area contributed by atoms with E-state index in [2.05, 4.69) is 33.0 Å². The van der Waals surface area contributed by atoms with Crippen molar-refractivity contribution in [3.8, 4) is 5.75 Å². The van der Waals surface area contributed by atoms with Gasteiger partial charge in [0.25, 0.3) is 5.91 Å². The first-order valence-electron chi connectivity index (χ1n) is 10.9. The van der Waals surface area contributed by atoms with Gasteiger partial charge in [-0.3, -0.25) is 14.7 Å². The molecule has 1 aromatic carbocycles. The summed E-state index contributed by atoms with van der Waals surface area (Å²) in [6.07, 6.45) is 6.16. The van der Waals surface area contributed by atoms with Gasteiger partial charge in [-0.15, -0.1) is 0 Å². The van der Waals surface area contributed by atoms with Crippen molar-refractivity contribution in [1.29, 1.82) is 0 Å². The van der Waals surface area contributed by atoms with Gasteiger partial charge in [-0.2, -0.15) is 0 Å². The number of nitrogens with zero attached hydrogens (tertiary/aromatic N) is 3. The van der Waals surface area contributed by atoms with Crippen LogP contribution in [0, 0.1) is 5.92 Å². The molecule has 0 bridgehead atoms. The number of ether oxygens (including phenoxy) is 2. The molecule has 2 aliphatic heterocycles. The Morgan fingerprint density at radius 3 is 2.77 bits per heavy atom. The van der Waals surface area contributed by atoms with Crippen LogP contribution >= 0.6 is 0 Å². The minimum atomic E-state index is -0.817. The number of pyridine rings is 1. The molecule has 2 aromatic rings. The Bertz CT molecular complexity index is 884. The van der Waals surface area contributed by atoms with Crippen molar-refractivity contribution < 1.29 is 14.3 Å². The van der Waals surface area contributed by atoms with E-state index in [1.165, 1.54) is 18.4 Å². The van der Waals surface area contributed by atoms with E-state index < -0.39 is 5.60 Å². The largest absolute Gasteiger partial charge is 0.497 e. The summed E-state index contributed by atoms with van der Waals surface area (Å²) in [6.45, 7) is 4.35. The van der Waals surface area contributed by atoms with E-state index in [-0.39, 0.29) is 11.8 Å². The first-order chi connectivity index (χ1) is 14.7. The highest BCUT2D eigenvalue weighted by Crippen LogP contribution is 2.43.